The lowest BCUT2D eigenvalue weighted by molar-refractivity contribution is 0.216. The van der Waals surface area contributed by atoms with Crippen molar-refractivity contribution in [3.8, 4) is 11.3 Å². The first-order valence-corrected chi connectivity index (χ1v) is 7.14. The van der Waals surface area contributed by atoms with E-state index in [1.807, 2.05) is 35.7 Å². The number of rotatable bonds is 5. The van der Waals surface area contributed by atoms with Gasteiger partial charge in [0.2, 0.25) is 0 Å². The number of alkyl halides is 1. The Morgan fingerprint density at radius 1 is 1.40 bits per heavy atom. The zero-order valence-corrected chi connectivity index (χ0v) is 11.9. The number of benzene rings is 1. The highest BCUT2D eigenvalue weighted by atomic mass is 35.5. The third kappa shape index (κ3) is 3.52. The Morgan fingerprint density at radius 3 is 2.80 bits per heavy atom. The number of anilines is 1. The summed E-state index contributed by atoms with van der Waals surface area (Å²) in [7, 11) is 0. The lowest BCUT2D eigenvalue weighted by Crippen LogP contribution is -2.31. The van der Waals surface area contributed by atoms with E-state index in [4.69, 9.17) is 11.6 Å². The van der Waals surface area contributed by atoms with Gasteiger partial charge in [-0.1, -0.05) is 30.3 Å². The van der Waals surface area contributed by atoms with Gasteiger partial charge in [-0.2, -0.15) is 5.01 Å². The summed E-state index contributed by atoms with van der Waals surface area (Å²) in [5.41, 5.74) is 1.71. The van der Waals surface area contributed by atoms with Gasteiger partial charge in [0.25, 0.3) is 0 Å². The van der Waals surface area contributed by atoms with Crippen molar-refractivity contribution < 1.29 is 4.79 Å². The van der Waals surface area contributed by atoms with Crippen molar-refractivity contribution in [1.29, 1.82) is 0 Å². The third-order valence-electron chi connectivity index (χ3n) is 2.42. The number of halogens is 1. The number of nitroso groups, excluding NO2 is 1. The molecule has 0 unspecified atom stereocenters. The molecule has 0 fully saturated rings. The maximum Gasteiger partial charge on any atom is 0.346 e. The van der Waals surface area contributed by atoms with E-state index >= 15 is 0 Å². The molecule has 0 saturated heterocycles. The van der Waals surface area contributed by atoms with Gasteiger partial charge in [-0.05, 0) is 0 Å². The molecule has 2 amide bonds. The Hall–Kier alpha value is -1.99. The summed E-state index contributed by atoms with van der Waals surface area (Å²) in [5, 5.41) is 8.06. The molecule has 0 atom stereocenters. The Morgan fingerprint density at radius 2 is 2.15 bits per heavy atom. The van der Waals surface area contributed by atoms with E-state index in [0.29, 0.717) is 5.13 Å². The second-order valence-electron chi connectivity index (χ2n) is 3.73. The first kappa shape index (κ1) is 14.4. The Balaban J connectivity index is 2.06. The van der Waals surface area contributed by atoms with Crippen molar-refractivity contribution >= 4 is 34.1 Å². The molecule has 104 valence electrons. The van der Waals surface area contributed by atoms with E-state index in [0.717, 1.165) is 16.3 Å². The molecule has 0 radical (unpaired) electrons. The molecule has 0 aliphatic carbocycles. The average Bonchev–Trinajstić information content (AvgIpc) is 2.94. The van der Waals surface area contributed by atoms with Crippen molar-refractivity contribution in [3.63, 3.8) is 0 Å². The molecule has 0 bridgehead atoms. The molecule has 0 aliphatic heterocycles. The standard InChI is InChI=1S/C12H11ClN4O2S/c13-6-7-17(16-19)12(18)15-11-14-10(8-20-11)9-4-2-1-3-5-9/h1-5,8H,6-7H2,(H,14,15,18). The highest BCUT2D eigenvalue weighted by Gasteiger charge is 2.15. The minimum atomic E-state index is -0.644. The Labute approximate surface area is 124 Å². The fourth-order valence-electron chi connectivity index (χ4n) is 1.49. The Kier molecular flexibility index (Phi) is 5.03. The van der Waals surface area contributed by atoms with Gasteiger partial charge < -0.3 is 0 Å². The number of amides is 2. The molecule has 6 nitrogen and oxygen atoms in total. The van der Waals surface area contributed by atoms with Crippen LogP contribution in [-0.4, -0.2) is 28.4 Å². The van der Waals surface area contributed by atoms with Gasteiger partial charge in [-0.15, -0.1) is 27.8 Å². The smallest absolute Gasteiger partial charge is 0.282 e. The maximum absolute atomic E-state index is 11.7. The van der Waals surface area contributed by atoms with Crippen LogP contribution in [0.15, 0.2) is 41.0 Å². The summed E-state index contributed by atoms with van der Waals surface area (Å²) in [6, 6.07) is 8.94. The number of nitrogens with one attached hydrogen (secondary N) is 1. The molecule has 1 aromatic heterocycles. The zero-order valence-electron chi connectivity index (χ0n) is 10.3. The van der Waals surface area contributed by atoms with Crippen LogP contribution in [0.1, 0.15) is 0 Å². The fourth-order valence-corrected chi connectivity index (χ4v) is 2.36. The van der Waals surface area contributed by atoms with Crippen molar-refractivity contribution in [3.05, 3.63) is 40.6 Å². The number of aromatic nitrogens is 1. The van der Waals surface area contributed by atoms with E-state index in [-0.39, 0.29) is 12.4 Å². The lowest BCUT2D eigenvalue weighted by atomic mass is 10.2. The van der Waals surface area contributed by atoms with Gasteiger partial charge >= 0.3 is 6.03 Å². The summed E-state index contributed by atoms with van der Waals surface area (Å²) >= 11 is 6.74. The lowest BCUT2D eigenvalue weighted by Gasteiger charge is -2.10. The van der Waals surface area contributed by atoms with E-state index < -0.39 is 6.03 Å². The van der Waals surface area contributed by atoms with Crippen molar-refractivity contribution in [2.24, 2.45) is 5.29 Å². The summed E-state index contributed by atoms with van der Waals surface area (Å²) in [4.78, 5) is 26.5. The molecule has 1 heterocycles. The van der Waals surface area contributed by atoms with Gasteiger partial charge in [-0.25, -0.2) is 9.78 Å². The third-order valence-corrected chi connectivity index (χ3v) is 3.34. The second-order valence-corrected chi connectivity index (χ2v) is 4.96. The predicted octanol–water partition coefficient (Wildman–Crippen LogP) is 3.56. The maximum atomic E-state index is 11.7. The normalized spacial score (nSPS) is 10.1. The first-order valence-electron chi connectivity index (χ1n) is 5.73. The minimum Gasteiger partial charge on any atom is -0.282 e. The van der Waals surface area contributed by atoms with Crippen LogP contribution in [-0.2, 0) is 0 Å². The number of hydrogen-bond donors (Lipinski definition) is 1. The number of hydrogen-bond acceptors (Lipinski definition) is 5. The van der Waals surface area contributed by atoms with Crippen LogP contribution in [0, 0.1) is 4.91 Å². The van der Waals surface area contributed by atoms with Gasteiger partial charge in [-0.3, -0.25) is 5.32 Å². The molecule has 0 aliphatic rings. The number of nitrogens with zero attached hydrogens (tertiary/aromatic N) is 3. The average molecular weight is 311 g/mol. The van der Waals surface area contributed by atoms with Crippen LogP contribution in [0.4, 0.5) is 9.93 Å². The monoisotopic (exact) mass is 310 g/mol. The summed E-state index contributed by atoms with van der Waals surface area (Å²) < 4.78 is 0. The molecule has 1 N–H and O–H groups in total. The highest BCUT2D eigenvalue weighted by molar-refractivity contribution is 7.14. The van der Waals surface area contributed by atoms with Crippen LogP contribution in [0.5, 0.6) is 0 Å². The number of carbonyl (C=O) groups is 1. The second kappa shape index (κ2) is 6.97. The SMILES string of the molecule is O=NN(CCCl)C(=O)Nc1nc(-c2ccccc2)cs1. The zero-order chi connectivity index (χ0) is 14.4. The molecule has 2 rings (SSSR count). The van der Waals surface area contributed by atoms with Gasteiger partial charge in [0.05, 0.1) is 17.5 Å². The molecule has 2 aromatic rings. The summed E-state index contributed by atoms with van der Waals surface area (Å²) in [5.74, 6) is 0.131. The van der Waals surface area contributed by atoms with Gasteiger partial charge in [0, 0.05) is 16.8 Å². The molecule has 0 spiro atoms. The molecule has 1 aromatic carbocycles. The Bertz CT molecular complexity index is 590. The van der Waals surface area contributed by atoms with E-state index in [2.05, 4.69) is 15.6 Å². The number of thiazole rings is 1. The topological polar surface area (TPSA) is 74.7 Å². The molecule has 20 heavy (non-hydrogen) atoms. The fraction of sp³-hybridized carbons (Fsp3) is 0.167. The van der Waals surface area contributed by atoms with Crippen molar-refractivity contribution in [2.75, 3.05) is 17.7 Å². The van der Waals surface area contributed by atoms with Crippen LogP contribution in [0.3, 0.4) is 0 Å². The number of urea groups is 1. The first-order chi connectivity index (χ1) is 9.74. The molecule has 0 saturated carbocycles. The number of carbonyl (C=O) groups excluding carboxylic acids is 1. The van der Waals surface area contributed by atoms with E-state index in [1.165, 1.54) is 11.3 Å². The van der Waals surface area contributed by atoms with Crippen LogP contribution >= 0.6 is 22.9 Å². The van der Waals surface area contributed by atoms with Crippen LogP contribution < -0.4 is 5.32 Å². The largest absolute Gasteiger partial charge is 0.346 e. The summed E-state index contributed by atoms with van der Waals surface area (Å²) in [6.45, 7) is 0.0494. The van der Waals surface area contributed by atoms with E-state index in [1.54, 1.807) is 0 Å². The quantitative estimate of drug-likeness (QED) is 0.521. The van der Waals surface area contributed by atoms with Crippen LogP contribution in [0.2, 0.25) is 0 Å². The highest BCUT2D eigenvalue weighted by Crippen LogP contribution is 2.24. The molecular weight excluding hydrogens is 300 g/mol. The van der Waals surface area contributed by atoms with Gasteiger partial charge in [0.15, 0.2) is 5.13 Å². The van der Waals surface area contributed by atoms with Crippen molar-refractivity contribution in [1.82, 2.24) is 9.99 Å². The van der Waals surface area contributed by atoms with Crippen LogP contribution in [0.25, 0.3) is 11.3 Å². The van der Waals surface area contributed by atoms with Gasteiger partial charge in [0.1, 0.15) is 0 Å². The minimum absolute atomic E-state index is 0.0494. The molecule has 8 heteroatoms. The summed E-state index contributed by atoms with van der Waals surface area (Å²) in [6.07, 6.45) is 0. The van der Waals surface area contributed by atoms with E-state index in [9.17, 15) is 9.70 Å². The van der Waals surface area contributed by atoms with Crippen molar-refractivity contribution in [2.45, 2.75) is 0 Å². The predicted molar refractivity (Wildman–Crippen MR) is 79.8 cm³/mol. The molecular formula is C12H11ClN4O2S.